The summed E-state index contributed by atoms with van der Waals surface area (Å²) in [6.45, 7) is 6.79. The average molecular weight is 241 g/mol. The van der Waals surface area contributed by atoms with Gasteiger partial charge in [-0.1, -0.05) is 13.8 Å². The molecule has 4 nitrogen and oxygen atoms in total. The van der Waals surface area contributed by atoms with Crippen molar-refractivity contribution in [2.24, 2.45) is 5.73 Å². The molecule has 0 saturated heterocycles. The summed E-state index contributed by atoms with van der Waals surface area (Å²) < 4.78 is 0. The van der Waals surface area contributed by atoms with Gasteiger partial charge in [0.25, 0.3) is 0 Å². The van der Waals surface area contributed by atoms with Crippen LogP contribution in [0.1, 0.15) is 46.0 Å². The van der Waals surface area contributed by atoms with Crippen LogP contribution in [0.3, 0.4) is 0 Å². The Morgan fingerprint density at radius 3 is 2.47 bits per heavy atom. The Morgan fingerprint density at radius 2 is 2.00 bits per heavy atom. The molecule has 0 radical (unpaired) electrons. The molecule has 1 aliphatic carbocycles. The molecule has 1 aliphatic rings. The van der Waals surface area contributed by atoms with Crippen molar-refractivity contribution >= 4 is 5.91 Å². The summed E-state index contributed by atoms with van der Waals surface area (Å²) in [6, 6.07) is 1.03. The summed E-state index contributed by atoms with van der Waals surface area (Å²) >= 11 is 0. The number of nitrogens with zero attached hydrogens (tertiary/aromatic N) is 1. The van der Waals surface area contributed by atoms with Crippen LogP contribution in [0.25, 0.3) is 0 Å². The lowest BCUT2D eigenvalue weighted by molar-refractivity contribution is -0.121. The normalized spacial score (nSPS) is 15.6. The Labute approximate surface area is 105 Å². The van der Waals surface area contributed by atoms with Crippen LogP contribution in [-0.2, 0) is 4.79 Å². The van der Waals surface area contributed by atoms with E-state index in [-0.39, 0.29) is 5.91 Å². The number of nitrogens with one attached hydrogen (secondary N) is 1. The van der Waals surface area contributed by atoms with Crippen molar-refractivity contribution < 1.29 is 4.79 Å². The highest BCUT2D eigenvalue weighted by Gasteiger charge is 2.23. The van der Waals surface area contributed by atoms with E-state index in [1.54, 1.807) is 0 Å². The van der Waals surface area contributed by atoms with E-state index in [2.05, 4.69) is 24.1 Å². The van der Waals surface area contributed by atoms with Gasteiger partial charge in [-0.05, 0) is 25.7 Å². The molecular weight excluding hydrogens is 214 g/mol. The van der Waals surface area contributed by atoms with E-state index < -0.39 is 0 Å². The highest BCUT2D eigenvalue weighted by Crippen LogP contribution is 2.18. The highest BCUT2D eigenvalue weighted by molar-refractivity contribution is 5.76. The van der Waals surface area contributed by atoms with Gasteiger partial charge in [-0.2, -0.15) is 0 Å². The van der Waals surface area contributed by atoms with Gasteiger partial charge >= 0.3 is 0 Å². The average Bonchev–Trinajstić information content (AvgIpc) is 3.11. The molecule has 0 aromatic carbocycles. The molecule has 0 heterocycles. The van der Waals surface area contributed by atoms with Gasteiger partial charge in [-0.15, -0.1) is 0 Å². The van der Waals surface area contributed by atoms with Crippen LogP contribution in [0.15, 0.2) is 0 Å². The number of carbonyl (C=O) groups excluding carboxylic acids is 1. The molecule has 0 spiro atoms. The molecule has 3 N–H and O–H groups in total. The van der Waals surface area contributed by atoms with Crippen LogP contribution in [0.5, 0.6) is 0 Å². The molecule has 0 aromatic rings. The first-order chi connectivity index (χ1) is 8.21. The second-order valence-electron chi connectivity index (χ2n) is 4.89. The van der Waals surface area contributed by atoms with Crippen LogP contribution in [-0.4, -0.2) is 42.5 Å². The van der Waals surface area contributed by atoms with Crippen molar-refractivity contribution in [1.29, 1.82) is 0 Å². The first kappa shape index (κ1) is 14.5. The topological polar surface area (TPSA) is 58.4 Å². The lowest BCUT2D eigenvalue weighted by Gasteiger charge is -2.29. The molecular formula is C13H27N3O. The largest absolute Gasteiger partial charge is 0.353 e. The first-order valence-corrected chi connectivity index (χ1v) is 6.94. The smallest absolute Gasteiger partial charge is 0.221 e. The summed E-state index contributed by atoms with van der Waals surface area (Å²) in [5, 5.41) is 3.03. The quantitative estimate of drug-likeness (QED) is 0.635. The van der Waals surface area contributed by atoms with Gasteiger partial charge < -0.3 is 11.1 Å². The molecule has 17 heavy (non-hydrogen) atoms. The van der Waals surface area contributed by atoms with Crippen molar-refractivity contribution in [3.8, 4) is 0 Å². The minimum Gasteiger partial charge on any atom is -0.353 e. The van der Waals surface area contributed by atoms with Crippen molar-refractivity contribution in [2.45, 2.75) is 58.0 Å². The molecule has 0 aliphatic heterocycles. The molecule has 1 fully saturated rings. The Balaban J connectivity index is 2.28. The zero-order valence-electron chi connectivity index (χ0n) is 11.2. The van der Waals surface area contributed by atoms with E-state index in [0.717, 1.165) is 38.8 Å². The van der Waals surface area contributed by atoms with Crippen LogP contribution in [0.4, 0.5) is 0 Å². The van der Waals surface area contributed by atoms with Crippen molar-refractivity contribution in [1.82, 2.24) is 10.2 Å². The monoisotopic (exact) mass is 241 g/mol. The zero-order chi connectivity index (χ0) is 12.7. The second kappa shape index (κ2) is 7.67. The van der Waals surface area contributed by atoms with E-state index in [1.165, 1.54) is 0 Å². The number of hydrogen-bond donors (Lipinski definition) is 2. The van der Waals surface area contributed by atoms with E-state index in [4.69, 9.17) is 5.73 Å². The fraction of sp³-hybridized carbons (Fsp3) is 0.923. The van der Waals surface area contributed by atoms with Crippen LogP contribution < -0.4 is 11.1 Å². The standard InChI is InChI=1S/C13H27N3O/c1-3-12(4-2)16(10-8-14)9-7-13(17)15-11-5-6-11/h11-12H,3-10,14H2,1-2H3,(H,15,17). The van der Waals surface area contributed by atoms with Crippen LogP contribution in [0, 0.1) is 0 Å². The molecule has 1 saturated carbocycles. The Hall–Kier alpha value is -0.610. The van der Waals surface area contributed by atoms with Crippen molar-refractivity contribution in [3.05, 3.63) is 0 Å². The number of carbonyl (C=O) groups is 1. The maximum absolute atomic E-state index is 11.6. The summed E-state index contributed by atoms with van der Waals surface area (Å²) in [7, 11) is 0. The summed E-state index contributed by atoms with van der Waals surface area (Å²) in [5.41, 5.74) is 5.63. The number of rotatable bonds is 9. The van der Waals surface area contributed by atoms with Gasteiger partial charge in [-0.3, -0.25) is 9.69 Å². The third kappa shape index (κ3) is 5.50. The number of amides is 1. The molecule has 100 valence electrons. The molecule has 0 unspecified atom stereocenters. The van der Waals surface area contributed by atoms with Crippen LogP contribution >= 0.6 is 0 Å². The summed E-state index contributed by atoms with van der Waals surface area (Å²) in [5.74, 6) is 0.195. The predicted octanol–water partition coefficient (Wildman–Crippen LogP) is 1.10. The van der Waals surface area contributed by atoms with Crippen LogP contribution in [0.2, 0.25) is 0 Å². The third-order valence-electron chi connectivity index (χ3n) is 3.44. The van der Waals surface area contributed by atoms with E-state index in [0.29, 0.717) is 25.0 Å². The van der Waals surface area contributed by atoms with E-state index in [1.807, 2.05) is 0 Å². The SMILES string of the molecule is CCC(CC)N(CCN)CCC(=O)NC1CC1. The summed E-state index contributed by atoms with van der Waals surface area (Å²) in [4.78, 5) is 14.0. The molecule has 1 amide bonds. The minimum atomic E-state index is 0.195. The first-order valence-electron chi connectivity index (χ1n) is 6.94. The van der Waals surface area contributed by atoms with E-state index >= 15 is 0 Å². The van der Waals surface area contributed by atoms with Gasteiger partial charge in [0.05, 0.1) is 0 Å². The van der Waals surface area contributed by atoms with Gasteiger partial charge in [-0.25, -0.2) is 0 Å². The Bertz CT molecular complexity index is 225. The van der Waals surface area contributed by atoms with Gasteiger partial charge in [0.1, 0.15) is 0 Å². The molecule has 0 aromatic heterocycles. The highest BCUT2D eigenvalue weighted by atomic mass is 16.1. The van der Waals surface area contributed by atoms with Gasteiger partial charge in [0.15, 0.2) is 0 Å². The maximum Gasteiger partial charge on any atom is 0.221 e. The lowest BCUT2D eigenvalue weighted by atomic mass is 10.1. The van der Waals surface area contributed by atoms with Crippen molar-refractivity contribution in [2.75, 3.05) is 19.6 Å². The lowest BCUT2D eigenvalue weighted by Crippen LogP contribution is -2.40. The third-order valence-corrected chi connectivity index (χ3v) is 3.44. The van der Waals surface area contributed by atoms with E-state index in [9.17, 15) is 4.79 Å². The fourth-order valence-corrected chi connectivity index (χ4v) is 2.22. The van der Waals surface area contributed by atoms with Gasteiger partial charge in [0.2, 0.25) is 5.91 Å². The molecule has 1 rings (SSSR count). The van der Waals surface area contributed by atoms with Crippen molar-refractivity contribution in [3.63, 3.8) is 0 Å². The van der Waals surface area contributed by atoms with Gasteiger partial charge in [0, 0.05) is 38.1 Å². The molecule has 0 bridgehead atoms. The molecule has 4 heteroatoms. The Morgan fingerprint density at radius 1 is 1.35 bits per heavy atom. The number of nitrogens with two attached hydrogens (primary N) is 1. The second-order valence-corrected chi connectivity index (χ2v) is 4.89. The summed E-state index contributed by atoms with van der Waals surface area (Å²) in [6.07, 6.45) is 5.17. The Kier molecular flexibility index (Phi) is 6.52. The number of hydrogen-bond acceptors (Lipinski definition) is 3. The molecule has 0 atom stereocenters. The fourth-order valence-electron chi connectivity index (χ4n) is 2.22. The maximum atomic E-state index is 11.6. The zero-order valence-corrected chi connectivity index (χ0v) is 11.2. The minimum absolute atomic E-state index is 0.195. The predicted molar refractivity (Wildman–Crippen MR) is 70.8 cm³/mol.